The fraction of sp³-hybridized carbons (Fsp3) is 0.533. The number of hydrogen-bond acceptors (Lipinski definition) is 6. The number of benzene rings is 1. The minimum Gasteiger partial charge on any atom is -0.496 e. The van der Waals surface area contributed by atoms with Crippen LogP contribution in [0.4, 0.5) is 5.69 Å². The standard InChI is InChI=1S/C15H23N3O4S/c1-18-6-4-5-10(18)9-17-15(19)11-7-14(23(3,20)21)12(16)8-13(11)22-2/h7-8,10H,4-6,9,16H2,1-3H3,(H,17,19). The summed E-state index contributed by atoms with van der Waals surface area (Å²) in [5, 5.41) is 2.85. The summed E-state index contributed by atoms with van der Waals surface area (Å²) < 4.78 is 28.7. The maximum Gasteiger partial charge on any atom is 0.255 e. The molecule has 1 aromatic carbocycles. The summed E-state index contributed by atoms with van der Waals surface area (Å²) in [6, 6.07) is 2.94. The lowest BCUT2D eigenvalue weighted by atomic mass is 10.1. The van der Waals surface area contributed by atoms with Crippen LogP contribution in [-0.2, 0) is 9.84 Å². The first-order valence-corrected chi connectivity index (χ1v) is 9.29. The van der Waals surface area contributed by atoms with Crippen molar-refractivity contribution in [1.29, 1.82) is 0 Å². The number of rotatable bonds is 5. The number of ether oxygens (including phenoxy) is 1. The van der Waals surface area contributed by atoms with Gasteiger partial charge in [-0.15, -0.1) is 0 Å². The van der Waals surface area contributed by atoms with Gasteiger partial charge in [-0.3, -0.25) is 4.79 Å². The molecule has 7 nitrogen and oxygen atoms in total. The average molecular weight is 341 g/mol. The number of carbonyl (C=O) groups excluding carboxylic acids is 1. The van der Waals surface area contributed by atoms with Gasteiger partial charge in [0.05, 0.1) is 23.3 Å². The molecule has 1 heterocycles. The Morgan fingerprint density at radius 2 is 2.17 bits per heavy atom. The van der Waals surface area contributed by atoms with Gasteiger partial charge in [-0.25, -0.2) is 8.42 Å². The van der Waals surface area contributed by atoms with E-state index in [0.717, 1.165) is 25.6 Å². The Morgan fingerprint density at radius 1 is 1.48 bits per heavy atom. The fourth-order valence-electron chi connectivity index (χ4n) is 2.79. The van der Waals surface area contributed by atoms with Gasteiger partial charge in [-0.2, -0.15) is 0 Å². The van der Waals surface area contributed by atoms with E-state index in [1.807, 2.05) is 7.05 Å². The molecule has 1 unspecified atom stereocenters. The Balaban J connectivity index is 2.24. The van der Waals surface area contributed by atoms with Crippen LogP contribution in [0, 0.1) is 0 Å². The van der Waals surface area contributed by atoms with E-state index in [9.17, 15) is 13.2 Å². The van der Waals surface area contributed by atoms with Gasteiger partial charge in [0.25, 0.3) is 5.91 Å². The molecule has 1 aliphatic heterocycles. The van der Waals surface area contributed by atoms with E-state index in [-0.39, 0.29) is 27.8 Å². The number of amides is 1. The number of nitrogen functional groups attached to an aromatic ring is 1. The predicted molar refractivity (Wildman–Crippen MR) is 88.5 cm³/mol. The van der Waals surface area contributed by atoms with Gasteiger partial charge >= 0.3 is 0 Å². The zero-order chi connectivity index (χ0) is 17.2. The Kier molecular flexibility index (Phi) is 5.16. The molecule has 1 atom stereocenters. The molecule has 0 bridgehead atoms. The van der Waals surface area contributed by atoms with Crippen LogP contribution < -0.4 is 15.8 Å². The highest BCUT2D eigenvalue weighted by Gasteiger charge is 2.24. The quantitative estimate of drug-likeness (QED) is 0.757. The molecule has 1 aliphatic rings. The van der Waals surface area contributed by atoms with Crippen LogP contribution >= 0.6 is 0 Å². The molecule has 1 fully saturated rings. The van der Waals surface area contributed by atoms with Gasteiger partial charge in [0.15, 0.2) is 9.84 Å². The molecule has 23 heavy (non-hydrogen) atoms. The number of hydrogen-bond donors (Lipinski definition) is 2. The minimum atomic E-state index is -3.52. The number of likely N-dealkylation sites (N-methyl/N-ethyl adjacent to an activating group) is 1. The summed E-state index contributed by atoms with van der Waals surface area (Å²) in [7, 11) is -0.0863. The van der Waals surface area contributed by atoms with E-state index in [1.54, 1.807) is 0 Å². The monoisotopic (exact) mass is 341 g/mol. The molecule has 0 saturated carbocycles. The van der Waals surface area contributed by atoms with E-state index in [0.29, 0.717) is 12.6 Å². The second-order valence-corrected chi connectivity index (χ2v) is 7.83. The van der Waals surface area contributed by atoms with E-state index < -0.39 is 9.84 Å². The number of sulfone groups is 1. The van der Waals surface area contributed by atoms with Crippen molar-refractivity contribution in [3.8, 4) is 5.75 Å². The second-order valence-electron chi connectivity index (χ2n) is 5.85. The molecule has 2 rings (SSSR count). The number of nitrogens with zero attached hydrogens (tertiary/aromatic N) is 1. The largest absolute Gasteiger partial charge is 0.496 e. The van der Waals surface area contributed by atoms with Crippen molar-refractivity contribution in [3.63, 3.8) is 0 Å². The predicted octanol–water partition coefficient (Wildman–Crippen LogP) is 0.505. The van der Waals surface area contributed by atoms with Gasteiger partial charge in [0, 0.05) is 24.9 Å². The molecule has 1 amide bonds. The zero-order valence-electron chi connectivity index (χ0n) is 13.6. The van der Waals surface area contributed by atoms with Crippen LogP contribution in [0.3, 0.4) is 0 Å². The molecule has 1 saturated heterocycles. The van der Waals surface area contributed by atoms with E-state index in [4.69, 9.17) is 10.5 Å². The van der Waals surface area contributed by atoms with E-state index >= 15 is 0 Å². The third-order valence-corrected chi connectivity index (χ3v) is 5.30. The lowest BCUT2D eigenvalue weighted by molar-refractivity contribution is 0.0940. The highest BCUT2D eigenvalue weighted by atomic mass is 32.2. The summed E-state index contributed by atoms with van der Waals surface area (Å²) in [4.78, 5) is 14.6. The first kappa shape index (κ1) is 17.6. The van der Waals surface area contributed by atoms with Crippen molar-refractivity contribution in [2.24, 2.45) is 0 Å². The lowest BCUT2D eigenvalue weighted by Crippen LogP contribution is -2.38. The second kappa shape index (κ2) is 6.76. The molecular formula is C15H23N3O4S. The van der Waals surface area contributed by atoms with Gasteiger partial charge in [0.2, 0.25) is 0 Å². The van der Waals surface area contributed by atoms with Crippen LogP contribution in [0.15, 0.2) is 17.0 Å². The Bertz CT molecular complexity index is 703. The third-order valence-electron chi connectivity index (χ3n) is 4.15. The highest BCUT2D eigenvalue weighted by molar-refractivity contribution is 7.90. The minimum absolute atomic E-state index is 0.0661. The van der Waals surface area contributed by atoms with Crippen molar-refractivity contribution >= 4 is 21.4 Å². The number of carbonyl (C=O) groups is 1. The van der Waals surface area contributed by atoms with Crippen molar-refractivity contribution in [2.75, 3.05) is 39.2 Å². The van der Waals surface area contributed by atoms with Crippen LogP contribution in [0.25, 0.3) is 0 Å². The highest BCUT2D eigenvalue weighted by Crippen LogP contribution is 2.28. The summed E-state index contributed by atoms with van der Waals surface area (Å²) in [5.41, 5.74) is 5.98. The van der Waals surface area contributed by atoms with Crippen molar-refractivity contribution in [2.45, 2.75) is 23.8 Å². The van der Waals surface area contributed by atoms with Crippen molar-refractivity contribution in [1.82, 2.24) is 10.2 Å². The Morgan fingerprint density at radius 3 is 2.70 bits per heavy atom. The van der Waals surface area contributed by atoms with E-state index in [1.165, 1.54) is 19.2 Å². The SMILES string of the molecule is COc1cc(N)c(S(C)(=O)=O)cc1C(=O)NCC1CCCN1C. The number of nitrogens with one attached hydrogen (secondary N) is 1. The smallest absolute Gasteiger partial charge is 0.255 e. The van der Waals surface area contributed by atoms with Gasteiger partial charge in [-0.05, 0) is 32.5 Å². The Labute approximate surface area is 136 Å². The Hall–Kier alpha value is -1.80. The number of anilines is 1. The molecule has 0 spiro atoms. The number of methoxy groups -OCH3 is 1. The average Bonchev–Trinajstić information content (AvgIpc) is 2.88. The molecule has 1 aromatic rings. The molecule has 128 valence electrons. The molecule has 3 N–H and O–H groups in total. The maximum atomic E-state index is 12.4. The van der Waals surface area contributed by atoms with Crippen LogP contribution in [0.1, 0.15) is 23.2 Å². The molecule has 8 heteroatoms. The first-order chi connectivity index (χ1) is 10.7. The molecule has 0 radical (unpaired) electrons. The van der Waals surface area contributed by atoms with Crippen LogP contribution in [0.2, 0.25) is 0 Å². The van der Waals surface area contributed by atoms with Gasteiger partial charge in [0.1, 0.15) is 5.75 Å². The third kappa shape index (κ3) is 3.94. The van der Waals surface area contributed by atoms with Gasteiger partial charge in [-0.1, -0.05) is 0 Å². The summed E-state index contributed by atoms with van der Waals surface area (Å²) in [6.45, 7) is 1.53. The summed E-state index contributed by atoms with van der Waals surface area (Å²) in [6.07, 6.45) is 3.20. The number of likely N-dealkylation sites (tertiary alicyclic amines) is 1. The van der Waals surface area contributed by atoms with Gasteiger partial charge < -0.3 is 20.7 Å². The van der Waals surface area contributed by atoms with Crippen LogP contribution in [-0.4, -0.2) is 58.8 Å². The van der Waals surface area contributed by atoms with E-state index in [2.05, 4.69) is 10.2 Å². The summed E-state index contributed by atoms with van der Waals surface area (Å²) >= 11 is 0. The molecule has 0 aliphatic carbocycles. The normalized spacial score (nSPS) is 18.8. The number of nitrogens with two attached hydrogens (primary N) is 1. The fourth-order valence-corrected chi connectivity index (χ4v) is 3.61. The van der Waals surface area contributed by atoms with Crippen LogP contribution in [0.5, 0.6) is 5.75 Å². The van der Waals surface area contributed by atoms with Crippen molar-refractivity contribution < 1.29 is 17.9 Å². The first-order valence-electron chi connectivity index (χ1n) is 7.40. The molecular weight excluding hydrogens is 318 g/mol. The lowest BCUT2D eigenvalue weighted by Gasteiger charge is -2.20. The van der Waals surface area contributed by atoms with Crippen molar-refractivity contribution in [3.05, 3.63) is 17.7 Å². The summed E-state index contributed by atoms with van der Waals surface area (Å²) in [5.74, 6) is -0.112. The topological polar surface area (TPSA) is 102 Å². The maximum absolute atomic E-state index is 12.4. The zero-order valence-corrected chi connectivity index (χ0v) is 14.4. The molecule has 0 aromatic heterocycles.